The number of rotatable bonds is 4. The number of likely N-dealkylation sites (tertiary alicyclic amines) is 1. The molecule has 1 fully saturated rings. The lowest BCUT2D eigenvalue weighted by Crippen LogP contribution is -2.41. The summed E-state index contributed by atoms with van der Waals surface area (Å²) in [6.45, 7) is 10.1. The van der Waals surface area contributed by atoms with Gasteiger partial charge < -0.3 is 14.4 Å². The summed E-state index contributed by atoms with van der Waals surface area (Å²) in [6, 6.07) is 8.15. The van der Waals surface area contributed by atoms with Crippen molar-refractivity contribution < 1.29 is 14.3 Å². The molecule has 1 aliphatic rings. The van der Waals surface area contributed by atoms with Crippen LogP contribution >= 0.6 is 0 Å². The maximum absolute atomic E-state index is 12.0. The molecule has 0 unspecified atom stereocenters. The molecule has 1 amide bonds. The van der Waals surface area contributed by atoms with Crippen molar-refractivity contribution in [3.8, 4) is 5.75 Å². The number of hydrogen-bond acceptors (Lipinski definition) is 3. The topological polar surface area (TPSA) is 38.8 Å². The molecule has 2 rings (SSSR count). The van der Waals surface area contributed by atoms with Gasteiger partial charge in [0.2, 0.25) is 0 Å². The number of ether oxygens (including phenoxy) is 2. The molecular weight excluding hydrogens is 290 g/mol. The lowest BCUT2D eigenvalue weighted by Gasteiger charge is -2.33. The molecule has 23 heavy (non-hydrogen) atoms. The van der Waals surface area contributed by atoms with Gasteiger partial charge in [-0.05, 0) is 70.6 Å². The van der Waals surface area contributed by atoms with E-state index in [1.807, 2.05) is 37.8 Å². The number of hydrogen-bond donors (Lipinski definition) is 0. The molecule has 0 saturated carbocycles. The van der Waals surface area contributed by atoms with E-state index in [0.717, 1.165) is 44.7 Å². The number of amides is 1. The van der Waals surface area contributed by atoms with Gasteiger partial charge in [-0.3, -0.25) is 0 Å². The summed E-state index contributed by atoms with van der Waals surface area (Å²) in [5.41, 5.74) is 0.795. The Labute approximate surface area is 139 Å². The lowest BCUT2D eigenvalue weighted by molar-refractivity contribution is 0.0177. The highest BCUT2D eigenvalue weighted by molar-refractivity contribution is 5.68. The number of carbonyl (C=O) groups is 1. The van der Waals surface area contributed by atoms with Gasteiger partial charge >= 0.3 is 6.09 Å². The first-order valence-corrected chi connectivity index (χ1v) is 8.51. The van der Waals surface area contributed by atoms with Gasteiger partial charge in [-0.25, -0.2) is 4.79 Å². The van der Waals surface area contributed by atoms with Crippen LogP contribution in [0.3, 0.4) is 0 Å². The van der Waals surface area contributed by atoms with Crippen LogP contribution < -0.4 is 4.74 Å². The normalized spacial score (nSPS) is 16.3. The van der Waals surface area contributed by atoms with Crippen molar-refractivity contribution in [2.75, 3.05) is 19.7 Å². The van der Waals surface area contributed by atoms with E-state index in [1.165, 1.54) is 5.56 Å². The van der Waals surface area contributed by atoms with E-state index in [1.54, 1.807) is 0 Å². The minimum Gasteiger partial charge on any atom is -0.494 e. The van der Waals surface area contributed by atoms with Crippen LogP contribution in [0.25, 0.3) is 0 Å². The van der Waals surface area contributed by atoms with Gasteiger partial charge in [0.25, 0.3) is 0 Å². The molecule has 1 heterocycles. The Bertz CT molecular complexity index is 514. The van der Waals surface area contributed by atoms with Crippen LogP contribution in [0.4, 0.5) is 4.79 Å². The Kier molecular flexibility index (Phi) is 5.91. The Morgan fingerprint density at radius 1 is 1.26 bits per heavy atom. The first-order chi connectivity index (χ1) is 10.8. The fraction of sp³-hybridized carbons (Fsp3) is 0.632. The zero-order chi connectivity index (χ0) is 16.9. The highest BCUT2D eigenvalue weighted by atomic mass is 16.6. The van der Waals surface area contributed by atoms with Crippen molar-refractivity contribution in [1.29, 1.82) is 0 Å². The second-order valence-corrected chi connectivity index (χ2v) is 7.36. The highest BCUT2D eigenvalue weighted by Crippen LogP contribution is 2.23. The van der Waals surface area contributed by atoms with Crippen molar-refractivity contribution in [2.24, 2.45) is 5.92 Å². The number of piperidine rings is 1. The van der Waals surface area contributed by atoms with E-state index in [4.69, 9.17) is 9.47 Å². The largest absolute Gasteiger partial charge is 0.494 e. The van der Waals surface area contributed by atoms with E-state index in [0.29, 0.717) is 5.92 Å². The van der Waals surface area contributed by atoms with Gasteiger partial charge in [-0.2, -0.15) is 0 Å². The van der Waals surface area contributed by atoms with Gasteiger partial charge in [0.15, 0.2) is 0 Å². The Morgan fingerprint density at radius 2 is 1.96 bits per heavy atom. The summed E-state index contributed by atoms with van der Waals surface area (Å²) < 4.78 is 11.2. The van der Waals surface area contributed by atoms with Crippen LogP contribution in [0.15, 0.2) is 24.3 Å². The fourth-order valence-corrected chi connectivity index (χ4v) is 2.78. The standard InChI is InChI=1S/C19H29NO3/c1-15-6-5-7-17(14-15)22-13-10-16-8-11-20(12-9-16)18(21)23-19(2,3)4/h5-7,14,16H,8-13H2,1-4H3. The second-order valence-electron chi connectivity index (χ2n) is 7.36. The maximum atomic E-state index is 12.0. The molecule has 128 valence electrons. The summed E-state index contributed by atoms with van der Waals surface area (Å²) in [5.74, 6) is 1.56. The van der Waals surface area contributed by atoms with E-state index < -0.39 is 5.60 Å². The molecule has 1 aromatic rings. The Hall–Kier alpha value is -1.71. The van der Waals surface area contributed by atoms with Crippen LogP contribution in [0.2, 0.25) is 0 Å². The van der Waals surface area contributed by atoms with Crippen molar-refractivity contribution in [2.45, 2.75) is 52.6 Å². The van der Waals surface area contributed by atoms with Crippen LogP contribution in [0.1, 0.15) is 45.6 Å². The van der Waals surface area contributed by atoms with Gasteiger partial charge in [0.05, 0.1) is 6.61 Å². The molecule has 4 nitrogen and oxygen atoms in total. The van der Waals surface area contributed by atoms with E-state index in [9.17, 15) is 4.79 Å². The molecule has 1 saturated heterocycles. The predicted octanol–water partition coefficient (Wildman–Crippen LogP) is 4.41. The van der Waals surface area contributed by atoms with Crippen LogP contribution in [0, 0.1) is 12.8 Å². The molecule has 0 radical (unpaired) electrons. The number of aryl methyl sites for hydroxylation is 1. The highest BCUT2D eigenvalue weighted by Gasteiger charge is 2.26. The lowest BCUT2D eigenvalue weighted by atomic mass is 9.94. The van der Waals surface area contributed by atoms with Crippen LogP contribution in [-0.4, -0.2) is 36.3 Å². The molecule has 0 atom stereocenters. The van der Waals surface area contributed by atoms with Gasteiger partial charge in [0.1, 0.15) is 11.4 Å². The van der Waals surface area contributed by atoms with Crippen molar-refractivity contribution >= 4 is 6.09 Å². The molecule has 0 N–H and O–H groups in total. The van der Waals surface area contributed by atoms with E-state index >= 15 is 0 Å². The van der Waals surface area contributed by atoms with E-state index in [-0.39, 0.29) is 6.09 Å². The second kappa shape index (κ2) is 7.71. The summed E-state index contributed by atoms with van der Waals surface area (Å²) >= 11 is 0. The first kappa shape index (κ1) is 17.6. The third-order valence-corrected chi connectivity index (χ3v) is 4.05. The summed E-state index contributed by atoms with van der Waals surface area (Å²) in [7, 11) is 0. The van der Waals surface area contributed by atoms with Crippen molar-refractivity contribution in [3.63, 3.8) is 0 Å². The SMILES string of the molecule is Cc1cccc(OCCC2CCN(C(=O)OC(C)(C)C)CC2)c1. The smallest absolute Gasteiger partial charge is 0.410 e. The fourth-order valence-electron chi connectivity index (χ4n) is 2.78. The van der Waals surface area contributed by atoms with Gasteiger partial charge in [-0.1, -0.05) is 12.1 Å². The van der Waals surface area contributed by atoms with Crippen molar-refractivity contribution in [1.82, 2.24) is 4.90 Å². The van der Waals surface area contributed by atoms with Gasteiger partial charge in [0, 0.05) is 13.1 Å². The molecule has 0 aromatic heterocycles. The third-order valence-electron chi connectivity index (χ3n) is 4.05. The van der Waals surface area contributed by atoms with Crippen molar-refractivity contribution in [3.05, 3.63) is 29.8 Å². The van der Waals surface area contributed by atoms with E-state index in [2.05, 4.69) is 19.1 Å². The minimum absolute atomic E-state index is 0.188. The number of nitrogens with zero attached hydrogens (tertiary/aromatic N) is 1. The first-order valence-electron chi connectivity index (χ1n) is 8.51. The molecule has 0 spiro atoms. The quantitative estimate of drug-likeness (QED) is 0.825. The van der Waals surface area contributed by atoms with Crippen LogP contribution in [-0.2, 0) is 4.74 Å². The summed E-state index contributed by atoms with van der Waals surface area (Å²) in [5, 5.41) is 0. The maximum Gasteiger partial charge on any atom is 0.410 e. The molecule has 0 bridgehead atoms. The minimum atomic E-state index is -0.421. The number of benzene rings is 1. The third kappa shape index (κ3) is 6.12. The zero-order valence-electron chi connectivity index (χ0n) is 14.8. The predicted molar refractivity (Wildman–Crippen MR) is 91.8 cm³/mol. The molecule has 0 aliphatic carbocycles. The van der Waals surface area contributed by atoms with Crippen LogP contribution in [0.5, 0.6) is 5.75 Å². The monoisotopic (exact) mass is 319 g/mol. The average Bonchev–Trinajstić information content (AvgIpc) is 2.46. The van der Waals surface area contributed by atoms with Gasteiger partial charge in [-0.15, -0.1) is 0 Å². The molecule has 1 aromatic carbocycles. The molecular formula is C19H29NO3. The average molecular weight is 319 g/mol. The summed E-state index contributed by atoms with van der Waals surface area (Å²) in [6.07, 6.45) is 2.90. The zero-order valence-corrected chi connectivity index (χ0v) is 14.8. The summed E-state index contributed by atoms with van der Waals surface area (Å²) in [4.78, 5) is 13.9. The Morgan fingerprint density at radius 3 is 2.57 bits per heavy atom. The molecule has 4 heteroatoms. The Balaban J connectivity index is 1.68. The number of carbonyl (C=O) groups excluding carboxylic acids is 1. The molecule has 1 aliphatic heterocycles.